The lowest BCUT2D eigenvalue weighted by molar-refractivity contribution is 0.415. The number of ether oxygens (including phenoxy) is 1. The van der Waals surface area contributed by atoms with Gasteiger partial charge in [-0.25, -0.2) is 4.98 Å². The molecule has 4 heteroatoms. The summed E-state index contributed by atoms with van der Waals surface area (Å²) in [6.07, 6.45) is 1.66. The number of hydrogen-bond acceptors (Lipinski definition) is 4. The van der Waals surface area contributed by atoms with Gasteiger partial charge >= 0.3 is 0 Å². The molecule has 0 aliphatic heterocycles. The molecule has 2 rings (SSSR count). The van der Waals surface area contributed by atoms with Gasteiger partial charge in [0.15, 0.2) is 0 Å². The molecular weight excluding hydrogens is 216 g/mol. The minimum atomic E-state index is 0.214. The molecule has 2 aromatic rings. The van der Waals surface area contributed by atoms with Crippen molar-refractivity contribution in [3.05, 3.63) is 36.2 Å². The zero-order chi connectivity index (χ0) is 12.3. The Morgan fingerprint density at radius 1 is 1.35 bits per heavy atom. The molecule has 0 saturated carbocycles. The second kappa shape index (κ2) is 5.01. The maximum absolute atomic E-state index is 5.59. The molecule has 0 radical (unpaired) electrons. The second-order valence-corrected chi connectivity index (χ2v) is 3.94. The number of rotatable bonds is 4. The van der Waals surface area contributed by atoms with Crippen LogP contribution in [0.4, 0.5) is 0 Å². The minimum Gasteiger partial charge on any atom is -0.497 e. The summed E-state index contributed by atoms with van der Waals surface area (Å²) in [6.45, 7) is 2.59. The van der Waals surface area contributed by atoms with Gasteiger partial charge in [-0.05, 0) is 24.3 Å². The van der Waals surface area contributed by atoms with Crippen LogP contribution in [0.3, 0.4) is 0 Å². The van der Waals surface area contributed by atoms with Crippen LogP contribution in [0.2, 0.25) is 0 Å². The Balaban J connectivity index is 2.24. The Kier molecular flexibility index (Phi) is 3.44. The van der Waals surface area contributed by atoms with Crippen LogP contribution in [0.15, 0.2) is 34.9 Å². The van der Waals surface area contributed by atoms with Gasteiger partial charge in [0.1, 0.15) is 12.0 Å². The van der Waals surface area contributed by atoms with Gasteiger partial charge in [-0.2, -0.15) is 0 Å². The summed E-state index contributed by atoms with van der Waals surface area (Å²) in [5.74, 6) is 1.64. The van der Waals surface area contributed by atoms with E-state index in [0.29, 0.717) is 12.4 Å². The van der Waals surface area contributed by atoms with Crippen molar-refractivity contribution in [1.82, 2.24) is 4.98 Å². The molecule has 0 aliphatic rings. The van der Waals surface area contributed by atoms with Crippen LogP contribution in [0, 0.1) is 0 Å². The highest BCUT2D eigenvalue weighted by molar-refractivity contribution is 5.54. The SMILES string of the molecule is COc1ccc(-c2nc(C(C)CN)co2)cc1. The Labute approximate surface area is 100 Å². The van der Waals surface area contributed by atoms with Crippen LogP contribution < -0.4 is 10.5 Å². The molecule has 1 heterocycles. The standard InChI is InChI=1S/C13H16N2O2/c1-9(7-14)12-8-17-13(15-12)10-3-5-11(16-2)6-4-10/h3-6,8-9H,7,14H2,1-2H3. The van der Waals surface area contributed by atoms with Gasteiger partial charge in [-0.3, -0.25) is 0 Å². The molecule has 90 valence electrons. The third-order valence-corrected chi connectivity index (χ3v) is 2.72. The highest BCUT2D eigenvalue weighted by Crippen LogP contribution is 2.23. The van der Waals surface area contributed by atoms with Crippen molar-refractivity contribution < 1.29 is 9.15 Å². The van der Waals surface area contributed by atoms with Gasteiger partial charge in [0.05, 0.1) is 12.8 Å². The summed E-state index contributed by atoms with van der Waals surface area (Å²) in [5.41, 5.74) is 7.41. The van der Waals surface area contributed by atoms with Crippen molar-refractivity contribution in [2.75, 3.05) is 13.7 Å². The Bertz CT molecular complexity index is 476. The fourth-order valence-corrected chi connectivity index (χ4v) is 1.50. The second-order valence-electron chi connectivity index (χ2n) is 3.94. The summed E-state index contributed by atoms with van der Waals surface area (Å²) in [6, 6.07) is 7.60. The maximum Gasteiger partial charge on any atom is 0.226 e. The van der Waals surface area contributed by atoms with E-state index in [-0.39, 0.29) is 5.92 Å². The molecule has 0 bridgehead atoms. The average Bonchev–Trinajstić information content (AvgIpc) is 2.87. The molecule has 1 unspecified atom stereocenters. The monoisotopic (exact) mass is 232 g/mol. The van der Waals surface area contributed by atoms with E-state index in [1.807, 2.05) is 31.2 Å². The summed E-state index contributed by atoms with van der Waals surface area (Å²) in [5, 5.41) is 0. The molecule has 0 aliphatic carbocycles. The predicted molar refractivity (Wildman–Crippen MR) is 66.0 cm³/mol. The van der Waals surface area contributed by atoms with E-state index in [1.165, 1.54) is 0 Å². The molecule has 4 nitrogen and oxygen atoms in total. The third kappa shape index (κ3) is 2.47. The number of benzene rings is 1. The smallest absolute Gasteiger partial charge is 0.226 e. The molecule has 2 N–H and O–H groups in total. The highest BCUT2D eigenvalue weighted by atomic mass is 16.5. The maximum atomic E-state index is 5.59. The topological polar surface area (TPSA) is 61.3 Å². The number of hydrogen-bond donors (Lipinski definition) is 1. The van der Waals surface area contributed by atoms with Crippen LogP contribution in [0.25, 0.3) is 11.5 Å². The van der Waals surface area contributed by atoms with E-state index in [4.69, 9.17) is 14.9 Å². The lowest BCUT2D eigenvalue weighted by atomic mass is 10.1. The first-order valence-corrected chi connectivity index (χ1v) is 5.54. The summed E-state index contributed by atoms with van der Waals surface area (Å²) in [4.78, 5) is 4.42. The first-order valence-electron chi connectivity index (χ1n) is 5.54. The van der Waals surface area contributed by atoms with Gasteiger partial charge in [-0.1, -0.05) is 6.92 Å². The summed E-state index contributed by atoms with van der Waals surface area (Å²) < 4.78 is 10.5. The van der Waals surface area contributed by atoms with Gasteiger partial charge in [0, 0.05) is 18.0 Å². The lowest BCUT2D eigenvalue weighted by Gasteiger charge is -2.01. The average molecular weight is 232 g/mol. The van der Waals surface area contributed by atoms with Gasteiger partial charge in [0.2, 0.25) is 5.89 Å². The molecule has 0 saturated heterocycles. The third-order valence-electron chi connectivity index (χ3n) is 2.72. The fourth-order valence-electron chi connectivity index (χ4n) is 1.50. The molecular formula is C13H16N2O2. The number of aromatic nitrogens is 1. The molecule has 0 amide bonds. The molecule has 1 aromatic carbocycles. The molecule has 0 fully saturated rings. The lowest BCUT2D eigenvalue weighted by Crippen LogP contribution is -2.08. The highest BCUT2D eigenvalue weighted by Gasteiger charge is 2.11. The normalized spacial score (nSPS) is 12.4. The first-order chi connectivity index (χ1) is 8.24. The van der Waals surface area contributed by atoms with Crippen LogP contribution in [-0.2, 0) is 0 Å². The quantitative estimate of drug-likeness (QED) is 0.879. The Morgan fingerprint density at radius 2 is 2.06 bits per heavy atom. The number of nitrogens with zero attached hydrogens (tertiary/aromatic N) is 1. The predicted octanol–water partition coefficient (Wildman–Crippen LogP) is 2.41. The van der Waals surface area contributed by atoms with E-state index in [1.54, 1.807) is 13.4 Å². The van der Waals surface area contributed by atoms with Crippen molar-refractivity contribution in [2.45, 2.75) is 12.8 Å². The summed E-state index contributed by atoms with van der Waals surface area (Å²) >= 11 is 0. The van der Waals surface area contributed by atoms with Crippen molar-refractivity contribution in [1.29, 1.82) is 0 Å². The number of oxazole rings is 1. The van der Waals surface area contributed by atoms with Gasteiger partial charge < -0.3 is 14.9 Å². The van der Waals surface area contributed by atoms with Crippen molar-refractivity contribution in [3.63, 3.8) is 0 Å². The van der Waals surface area contributed by atoms with E-state index in [9.17, 15) is 0 Å². The number of nitrogens with two attached hydrogens (primary N) is 1. The zero-order valence-corrected chi connectivity index (χ0v) is 10.0. The molecule has 1 atom stereocenters. The Hall–Kier alpha value is -1.81. The fraction of sp³-hybridized carbons (Fsp3) is 0.308. The van der Waals surface area contributed by atoms with Crippen LogP contribution >= 0.6 is 0 Å². The van der Waals surface area contributed by atoms with E-state index in [2.05, 4.69) is 4.98 Å². The van der Waals surface area contributed by atoms with Crippen molar-refractivity contribution in [2.24, 2.45) is 5.73 Å². The molecule has 0 spiro atoms. The van der Waals surface area contributed by atoms with E-state index >= 15 is 0 Å². The molecule has 17 heavy (non-hydrogen) atoms. The van der Waals surface area contributed by atoms with E-state index < -0.39 is 0 Å². The van der Waals surface area contributed by atoms with Gasteiger partial charge in [0.25, 0.3) is 0 Å². The Morgan fingerprint density at radius 3 is 2.65 bits per heavy atom. The molecule has 1 aromatic heterocycles. The first kappa shape index (κ1) is 11.7. The van der Waals surface area contributed by atoms with Crippen LogP contribution in [0.5, 0.6) is 5.75 Å². The zero-order valence-electron chi connectivity index (χ0n) is 10.0. The van der Waals surface area contributed by atoms with E-state index in [0.717, 1.165) is 17.0 Å². The van der Waals surface area contributed by atoms with Gasteiger partial charge in [-0.15, -0.1) is 0 Å². The van der Waals surface area contributed by atoms with Crippen LogP contribution in [-0.4, -0.2) is 18.6 Å². The van der Waals surface area contributed by atoms with Crippen LogP contribution in [0.1, 0.15) is 18.5 Å². The van der Waals surface area contributed by atoms with Crippen molar-refractivity contribution in [3.8, 4) is 17.2 Å². The minimum absolute atomic E-state index is 0.214. The largest absolute Gasteiger partial charge is 0.497 e. The van der Waals surface area contributed by atoms with Crippen molar-refractivity contribution >= 4 is 0 Å². The summed E-state index contributed by atoms with van der Waals surface area (Å²) in [7, 11) is 1.64. The number of methoxy groups -OCH3 is 1.